The van der Waals surface area contributed by atoms with Gasteiger partial charge in [0.1, 0.15) is 5.82 Å². The maximum Gasteiger partial charge on any atom is 0.133 e. The minimum atomic E-state index is 0.586. The maximum atomic E-state index is 6.00. The molecule has 110 valence electrons. The van der Waals surface area contributed by atoms with E-state index in [9.17, 15) is 0 Å². The zero-order valence-electron chi connectivity index (χ0n) is 12.3. The van der Waals surface area contributed by atoms with Crippen molar-refractivity contribution >= 4 is 17.2 Å². The molecule has 0 unspecified atom stereocenters. The second-order valence-corrected chi connectivity index (χ2v) is 7.03. The van der Waals surface area contributed by atoms with Crippen molar-refractivity contribution < 1.29 is 0 Å². The number of hydrogen-bond donors (Lipinski definition) is 1. The highest BCUT2D eigenvalue weighted by molar-refractivity contribution is 7.10. The summed E-state index contributed by atoms with van der Waals surface area (Å²) in [6.45, 7) is 2.63. The summed E-state index contributed by atoms with van der Waals surface area (Å²) < 4.78 is 0. The molecule has 0 bridgehead atoms. The van der Waals surface area contributed by atoms with Crippen molar-refractivity contribution in [2.24, 2.45) is 5.73 Å². The number of anilines is 1. The van der Waals surface area contributed by atoms with Crippen LogP contribution in [-0.2, 0) is 32.4 Å². The first-order valence-corrected chi connectivity index (χ1v) is 8.75. The Balaban J connectivity index is 1.71. The summed E-state index contributed by atoms with van der Waals surface area (Å²) in [6.07, 6.45) is 6.00. The molecule has 0 aromatic carbocycles. The molecule has 2 aliphatic rings. The average molecular weight is 299 g/mol. The zero-order valence-corrected chi connectivity index (χ0v) is 13.1. The Morgan fingerprint density at radius 2 is 2.10 bits per heavy atom. The highest BCUT2D eigenvalue weighted by atomic mass is 32.1. The van der Waals surface area contributed by atoms with E-state index in [1.54, 1.807) is 4.88 Å². The third kappa shape index (κ3) is 2.36. The Hall–Kier alpha value is -1.39. The average Bonchev–Trinajstić information content (AvgIpc) is 3.01. The lowest BCUT2D eigenvalue weighted by Gasteiger charge is -2.31. The fourth-order valence-electron chi connectivity index (χ4n) is 3.52. The van der Waals surface area contributed by atoms with Crippen LogP contribution in [0.25, 0.3) is 0 Å². The van der Waals surface area contributed by atoms with E-state index >= 15 is 0 Å². The Labute approximate surface area is 129 Å². The molecule has 0 saturated heterocycles. The lowest BCUT2D eigenvalue weighted by Crippen LogP contribution is -2.32. The highest BCUT2D eigenvalue weighted by Crippen LogP contribution is 2.31. The van der Waals surface area contributed by atoms with Crippen LogP contribution < -0.4 is 10.6 Å². The maximum absolute atomic E-state index is 6.00. The third-order valence-electron chi connectivity index (χ3n) is 4.68. The molecule has 4 rings (SSSR count). The van der Waals surface area contributed by atoms with Gasteiger partial charge >= 0.3 is 0 Å². The van der Waals surface area contributed by atoms with E-state index in [0.717, 1.165) is 31.7 Å². The zero-order chi connectivity index (χ0) is 14.2. The van der Waals surface area contributed by atoms with Crippen LogP contribution in [0.5, 0.6) is 0 Å². The third-order valence-corrected chi connectivity index (χ3v) is 5.71. The van der Waals surface area contributed by atoms with Crippen LogP contribution in [0, 0.1) is 0 Å². The van der Waals surface area contributed by atoms with Crippen LogP contribution >= 0.6 is 11.3 Å². The first-order chi connectivity index (χ1) is 10.3. The van der Waals surface area contributed by atoms with Gasteiger partial charge in [0, 0.05) is 35.8 Å². The fourth-order valence-corrected chi connectivity index (χ4v) is 4.41. The summed E-state index contributed by atoms with van der Waals surface area (Å²) in [5.41, 5.74) is 11.4. The van der Waals surface area contributed by atoms with Crippen molar-refractivity contribution in [1.29, 1.82) is 0 Å². The summed E-state index contributed by atoms with van der Waals surface area (Å²) in [7, 11) is 0. The standard InChI is InChI=1S/C17H21N3S/c18-10-14-9-12-3-1-2-4-15(12)19-17(14)20-7-5-16-13(11-20)6-8-21-16/h6,8-9H,1-5,7,10-11,18H2. The Morgan fingerprint density at radius 3 is 3.00 bits per heavy atom. The molecule has 0 saturated carbocycles. The SMILES string of the molecule is NCc1cc2c(nc1N1CCc3sccc3C1)CCCC2. The number of aryl methyl sites for hydroxylation is 2. The topological polar surface area (TPSA) is 42.1 Å². The number of rotatable bonds is 2. The lowest BCUT2D eigenvalue weighted by atomic mass is 9.94. The Kier molecular flexibility index (Phi) is 3.43. The molecule has 0 radical (unpaired) electrons. The predicted molar refractivity (Wildman–Crippen MR) is 87.8 cm³/mol. The molecule has 4 heteroatoms. The van der Waals surface area contributed by atoms with Crippen molar-refractivity contribution in [3.63, 3.8) is 0 Å². The largest absolute Gasteiger partial charge is 0.352 e. The summed E-state index contributed by atoms with van der Waals surface area (Å²) in [4.78, 5) is 8.98. The highest BCUT2D eigenvalue weighted by Gasteiger charge is 2.22. The van der Waals surface area contributed by atoms with E-state index in [1.165, 1.54) is 41.6 Å². The molecule has 2 aromatic heterocycles. The van der Waals surface area contributed by atoms with Gasteiger partial charge in [-0.05, 0) is 60.7 Å². The minimum absolute atomic E-state index is 0.586. The second kappa shape index (κ2) is 5.43. The van der Waals surface area contributed by atoms with Crippen molar-refractivity contribution in [3.8, 4) is 0 Å². The van der Waals surface area contributed by atoms with Gasteiger partial charge in [0.05, 0.1) is 0 Å². The van der Waals surface area contributed by atoms with Crippen LogP contribution in [0.15, 0.2) is 17.5 Å². The summed E-state index contributed by atoms with van der Waals surface area (Å²) in [5.74, 6) is 1.13. The van der Waals surface area contributed by atoms with E-state index in [4.69, 9.17) is 10.7 Å². The van der Waals surface area contributed by atoms with Crippen molar-refractivity contribution in [2.75, 3.05) is 11.4 Å². The van der Waals surface area contributed by atoms with Crippen LogP contribution in [0.1, 0.15) is 40.1 Å². The van der Waals surface area contributed by atoms with E-state index in [2.05, 4.69) is 22.4 Å². The first-order valence-electron chi connectivity index (χ1n) is 7.87. The molecular formula is C17H21N3S. The Morgan fingerprint density at radius 1 is 1.19 bits per heavy atom. The van der Waals surface area contributed by atoms with Gasteiger partial charge in [-0.1, -0.05) is 0 Å². The predicted octanol–water partition coefficient (Wildman–Crippen LogP) is 3.04. The van der Waals surface area contributed by atoms with Crippen LogP contribution in [0.4, 0.5) is 5.82 Å². The molecule has 3 heterocycles. The van der Waals surface area contributed by atoms with E-state index in [1.807, 2.05) is 11.3 Å². The van der Waals surface area contributed by atoms with E-state index in [-0.39, 0.29) is 0 Å². The van der Waals surface area contributed by atoms with Gasteiger partial charge < -0.3 is 10.6 Å². The number of hydrogen-bond acceptors (Lipinski definition) is 4. The van der Waals surface area contributed by atoms with Crippen LogP contribution in [0.2, 0.25) is 0 Å². The van der Waals surface area contributed by atoms with Gasteiger partial charge in [-0.25, -0.2) is 4.98 Å². The number of thiophene rings is 1. The second-order valence-electron chi connectivity index (χ2n) is 6.03. The van der Waals surface area contributed by atoms with Gasteiger partial charge in [-0.2, -0.15) is 0 Å². The van der Waals surface area contributed by atoms with Gasteiger partial charge in [0.15, 0.2) is 0 Å². The van der Waals surface area contributed by atoms with E-state index < -0.39 is 0 Å². The van der Waals surface area contributed by atoms with Crippen molar-refractivity contribution in [2.45, 2.75) is 45.2 Å². The van der Waals surface area contributed by atoms with Gasteiger partial charge in [-0.15, -0.1) is 11.3 Å². The number of aromatic nitrogens is 1. The molecule has 1 aliphatic heterocycles. The molecule has 0 atom stereocenters. The number of nitrogens with zero attached hydrogens (tertiary/aromatic N) is 2. The summed E-state index contributed by atoms with van der Waals surface area (Å²) in [5, 5.41) is 2.21. The first kappa shape index (κ1) is 13.3. The van der Waals surface area contributed by atoms with Crippen LogP contribution in [-0.4, -0.2) is 11.5 Å². The van der Waals surface area contributed by atoms with Gasteiger partial charge in [-0.3, -0.25) is 0 Å². The molecule has 0 spiro atoms. The smallest absolute Gasteiger partial charge is 0.133 e. The molecule has 2 N–H and O–H groups in total. The number of fused-ring (bicyclic) bond motifs is 2. The molecular weight excluding hydrogens is 278 g/mol. The van der Waals surface area contributed by atoms with Crippen molar-refractivity contribution in [3.05, 3.63) is 44.8 Å². The van der Waals surface area contributed by atoms with Gasteiger partial charge in [0.2, 0.25) is 0 Å². The number of nitrogens with two attached hydrogens (primary N) is 1. The van der Waals surface area contributed by atoms with E-state index in [0.29, 0.717) is 6.54 Å². The monoisotopic (exact) mass is 299 g/mol. The van der Waals surface area contributed by atoms with Crippen molar-refractivity contribution in [1.82, 2.24) is 4.98 Å². The molecule has 3 nitrogen and oxygen atoms in total. The quantitative estimate of drug-likeness (QED) is 0.927. The minimum Gasteiger partial charge on any atom is -0.352 e. The Bertz CT molecular complexity index is 662. The summed E-state index contributed by atoms with van der Waals surface area (Å²) in [6, 6.07) is 4.58. The summed E-state index contributed by atoms with van der Waals surface area (Å²) >= 11 is 1.88. The molecule has 0 fully saturated rings. The molecule has 0 amide bonds. The van der Waals surface area contributed by atoms with Crippen LogP contribution in [0.3, 0.4) is 0 Å². The normalized spacial score (nSPS) is 17.5. The fraction of sp³-hybridized carbons (Fsp3) is 0.471. The number of pyridine rings is 1. The molecule has 1 aliphatic carbocycles. The van der Waals surface area contributed by atoms with Gasteiger partial charge in [0.25, 0.3) is 0 Å². The molecule has 21 heavy (non-hydrogen) atoms. The lowest BCUT2D eigenvalue weighted by molar-refractivity contribution is 0.656. The molecule has 2 aromatic rings.